The van der Waals surface area contributed by atoms with Gasteiger partial charge in [-0.25, -0.2) is 0 Å². The second-order valence-corrected chi connectivity index (χ2v) is 5.44. The van der Waals surface area contributed by atoms with Crippen LogP contribution in [0.25, 0.3) is 11.1 Å². The van der Waals surface area contributed by atoms with Crippen molar-refractivity contribution in [2.75, 3.05) is 11.9 Å². The quantitative estimate of drug-likeness (QED) is 0.735. The van der Waals surface area contributed by atoms with Crippen LogP contribution in [0.15, 0.2) is 64.2 Å². The van der Waals surface area contributed by atoms with Crippen LogP contribution in [-0.4, -0.2) is 6.54 Å². The normalized spacial score (nSPS) is 10.8. The molecule has 0 unspecified atom stereocenters. The molecule has 0 bridgehead atoms. The van der Waals surface area contributed by atoms with E-state index in [2.05, 4.69) is 30.4 Å². The molecule has 0 amide bonds. The maximum atomic E-state index is 11.8. The fourth-order valence-corrected chi connectivity index (χ4v) is 2.64. The summed E-state index contributed by atoms with van der Waals surface area (Å²) in [6.07, 6.45) is 0.814. The van der Waals surface area contributed by atoms with E-state index in [1.807, 2.05) is 36.4 Å². The minimum atomic E-state index is -0.414. The van der Waals surface area contributed by atoms with Crippen LogP contribution in [0.3, 0.4) is 0 Å². The molecule has 0 saturated carbocycles. The first-order valence-electron chi connectivity index (χ1n) is 7.35. The Bertz CT molecular complexity index is 859. The third kappa shape index (κ3) is 2.70. The summed E-state index contributed by atoms with van der Waals surface area (Å²) in [5.74, 6) is 0. The third-order valence-corrected chi connectivity index (χ3v) is 3.77. The molecule has 0 spiro atoms. The van der Waals surface area contributed by atoms with Crippen molar-refractivity contribution in [3.05, 3.63) is 86.2 Å². The molecule has 0 saturated heterocycles. The number of nitrogens with one attached hydrogen (secondary N) is 1. The smallest absolute Gasteiger partial charge is 0.250 e. The fraction of sp³-hybridized carbons (Fsp3) is 0.158. The van der Waals surface area contributed by atoms with Gasteiger partial charge < -0.3 is 5.32 Å². The molecular weight excluding hydrogens is 274 g/mol. The van der Waals surface area contributed by atoms with Crippen LogP contribution in [-0.2, 0) is 6.42 Å². The Kier molecular flexibility index (Phi) is 3.88. The van der Waals surface area contributed by atoms with Gasteiger partial charge in [-0.15, -0.1) is 0 Å². The van der Waals surface area contributed by atoms with Crippen LogP contribution in [0.4, 0.5) is 5.69 Å². The summed E-state index contributed by atoms with van der Waals surface area (Å²) in [7, 11) is 0. The molecule has 0 heterocycles. The van der Waals surface area contributed by atoms with Gasteiger partial charge >= 0.3 is 0 Å². The molecule has 3 heteroatoms. The van der Waals surface area contributed by atoms with E-state index in [1.165, 1.54) is 11.1 Å². The lowest BCUT2D eigenvalue weighted by atomic mass is 9.98. The number of hydrogen-bond acceptors (Lipinski definition) is 3. The number of benzene rings is 2. The Balaban J connectivity index is 1.73. The molecule has 0 atom stereocenters. The summed E-state index contributed by atoms with van der Waals surface area (Å²) in [4.78, 5) is 23.6. The number of hydrogen-bond donors (Lipinski definition) is 1. The average molecular weight is 291 g/mol. The molecule has 22 heavy (non-hydrogen) atoms. The van der Waals surface area contributed by atoms with Crippen LogP contribution >= 0.6 is 0 Å². The molecule has 0 radical (unpaired) electrons. The second kappa shape index (κ2) is 5.98. The predicted octanol–water partition coefficient (Wildman–Crippen LogP) is 2.91. The van der Waals surface area contributed by atoms with Crippen molar-refractivity contribution in [2.45, 2.75) is 13.3 Å². The Labute approximate surface area is 128 Å². The summed E-state index contributed by atoms with van der Waals surface area (Å²) < 4.78 is 0. The predicted molar refractivity (Wildman–Crippen MR) is 90.2 cm³/mol. The Hall–Kier alpha value is -2.68. The van der Waals surface area contributed by atoms with Crippen LogP contribution in [0.1, 0.15) is 11.1 Å². The highest BCUT2D eigenvalue weighted by Gasteiger charge is 2.21. The molecule has 3 aromatic rings. The van der Waals surface area contributed by atoms with Crippen LogP contribution in [0.5, 0.6) is 0 Å². The van der Waals surface area contributed by atoms with Gasteiger partial charge in [0.1, 0.15) is 0 Å². The highest BCUT2D eigenvalue weighted by Crippen LogP contribution is 2.22. The minimum absolute atomic E-state index is 0.399. The van der Waals surface area contributed by atoms with Crippen molar-refractivity contribution in [3.63, 3.8) is 0 Å². The molecule has 3 aromatic carbocycles. The van der Waals surface area contributed by atoms with Gasteiger partial charge in [0.15, 0.2) is 0 Å². The standard InChI is InChI=1S/C19H17NO2/c1-13-6-5-7-14(12-13)10-11-20-17-16(18(21)19(17)22)15-8-3-2-4-9-15/h2-9,12,20H,10-11H2,1H3. The van der Waals surface area contributed by atoms with Crippen molar-refractivity contribution in [2.24, 2.45) is 0 Å². The first kappa shape index (κ1) is 14.3. The molecule has 110 valence electrons. The summed E-state index contributed by atoms with van der Waals surface area (Å²) in [6, 6.07) is 17.6. The summed E-state index contributed by atoms with van der Waals surface area (Å²) in [6.45, 7) is 2.69. The summed E-state index contributed by atoms with van der Waals surface area (Å²) >= 11 is 0. The summed E-state index contributed by atoms with van der Waals surface area (Å²) in [5.41, 5.74) is 3.38. The zero-order valence-electron chi connectivity index (χ0n) is 12.4. The highest BCUT2D eigenvalue weighted by atomic mass is 16.2. The number of aryl methyl sites for hydroxylation is 1. The lowest BCUT2D eigenvalue weighted by molar-refractivity contribution is 1.01. The first-order valence-corrected chi connectivity index (χ1v) is 7.35. The zero-order chi connectivity index (χ0) is 15.5. The lowest BCUT2D eigenvalue weighted by Crippen LogP contribution is -2.36. The molecule has 3 rings (SSSR count). The maximum Gasteiger partial charge on any atom is 0.250 e. The van der Waals surface area contributed by atoms with Gasteiger partial charge in [0, 0.05) is 6.54 Å². The van der Waals surface area contributed by atoms with Crippen LogP contribution in [0, 0.1) is 6.92 Å². The second-order valence-electron chi connectivity index (χ2n) is 5.44. The van der Waals surface area contributed by atoms with E-state index >= 15 is 0 Å². The van der Waals surface area contributed by atoms with Crippen molar-refractivity contribution in [1.82, 2.24) is 0 Å². The number of rotatable bonds is 5. The largest absolute Gasteiger partial charge is 0.381 e. The fourth-order valence-electron chi connectivity index (χ4n) is 2.64. The molecule has 0 aromatic heterocycles. The SMILES string of the molecule is Cc1cccc(CCNc2c(-c3ccccc3)c(=O)c2=O)c1. The molecule has 0 aliphatic rings. The van der Waals surface area contributed by atoms with Gasteiger partial charge in [-0.3, -0.25) is 9.59 Å². The molecule has 0 aliphatic heterocycles. The van der Waals surface area contributed by atoms with Gasteiger partial charge in [0.25, 0.3) is 0 Å². The molecule has 1 N–H and O–H groups in total. The van der Waals surface area contributed by atoms with E-state index in [9.17, 15) is 9.59 Å². The van der Waals surface area contributed by atoms with Crippen molar-refractivity contribution >= 4 is 5.69 Å². The van der Waals surface area contributed by atoms with E-state index in [0.717, 1.165) is 12.0 Å². The van der Waals surface area contributed by atoms with Crippen molar-refractivity contribution in [3.8, 4) is 11.1 Å². The van der Waals surface area contributed by atoms with E-state index < -0.39 is 10.9 Å². The van der Waals surface area contributed by atoms with Gasteiger partial charge in [-0.1, -0.05) is 60.2 Å². The average Bonchev–Trinajstić information content (AvgIpc) is 2.54. The van der Waals surface area contributed by atoms with Gasteiger partial charge in [0.2, 0.25) is 10.9 Å². The third-order valence-electron chi connectivity index (χ3n) is 3.77. The number of anilines is 1. The van der Waals surface area contributed by atoms with E-state index in [4.69, 9.17) is 0 Å². The monoisotopic (exact) mass is 291 g/mol. The van der Waals surface area contributed by atoms with Crippen molar-refractivity contribution < 1.29 is 0 Å². The minimum Gasteiger partial charge on any atom is -0.381 e. The van der Waals surface area contributed by atoms with Gasteiger partial charge in [-0.05, 0) is 24.5 Å². The zero-order valence-corrected chi connectivity index (χ0v) is 12.4. The van der Waals surface area contributed by atoms with Gasteiger partial charge in [0.05, 0.1) is 11.3 Å². The van der Waals surface area contributed by atoms with Crippen LogP contribution in [0.2, 0.25) is 0 Å². The highest BCUT2D eigenvalue weighted by molar-refractivity contribution is 5.81. The Morgan fingerprint density at radius 3 is 2.41 bits per heavy atom. The summed E-state index contributed by atoms with van der Waals surface area (Å²) in [5, 5.41) is 3.13. The molecular formula is C19H17NO2. The van der Waals surface area contributed by atoms with Gasteiger partial charge in [-0.2, -0.15) is 0 Å². The Morgan fingerprint density at radius 1 is 0.909 bits per heavy atom. The molecule has 3 nitrogen and oxygen atoms in total. The first-order chi connectivity index (χ1) is 10.7. The lowest BCUT2D eigenvalue weighted by Gasteiger charge is -2.13. The maximum absolute atomic E-state index is 11.8. The van der Waals surface area contributed by atoms with E-state index in [0.29, 0.717) is 17.8 Å². The van der Waals surface area contributed by atoms with E-state index in [-0.39, 0.29) is 0 Å². The van der Waals surface area contributed by atoms with E-state index in [1.54, 1.807) is 0 Å². The molecule has 0 aliphatic carbocycles. The Morgan fingerprint density at radius 2 is 1.68 bits per heavy atom. The molecule has 0 fully saturated rings. The topological polar surface area (TPSA) is 46.2 Å². The van der Waals surface area contributed by atoms with Crippen molar-refractivity contribution in [1.29, 1.82) is 0 Å². The van der Waals surface area contributed by atoms with Crippen LogP contribution < -0.4 is 16.2 Å².